The highest BCUT2D eigenvalue weighted by Gasteiger charge is 2.08. The highest BCUT2D eigenvalue weighted by molar-refractivity contribution is 5.38. The van der Waals surface area contributed by atoms with Crippen LogP contribution in [0.1, 0.15) is 11.7 Å². The van der Waals surface area contributed by atoms with Gasteiger partial charge in [0.05, 0.1) is 18.3 Å². The maximum absolute atomic E-state index is 8.82. The van der Waals surface area contributed by atoms with Gasteiger partial charge in [0.15, 0.2) is 5.65 Å². The standard InChI is InChI=1S/C8H10N4O/c9-6(5-13)7-4-8-10-2-1-3-12(8)11-7/h1-4,6,13H,5,9H2/t6-/m0/s1. The third-order valence-corrected chi connectivity index (χ3v) is 1.83. The summed E-state index contributed by atoms with van der Waals surface area (Å²) < 4.78 is 1.63. The van der Waals surface area contributed by atoms with Crippen LogP contribution in [0.4, 0.5) is 0 Å². The summed E-state index contributed by atoms with van der Waals surface area (Å²) in [5, 5.41) is 13.0. The summed E-state index contributed by atoms with van der Waals surface area (Å²) in [6, 6.07) is 3.12. The summed E-state index contributed by atoms with van der Waals surface area (Å²) in [4.78, 5) is 4.08. The first-order valence-electron chi connectivity index (χ1n) is 3.98. The van der Waals surface area contributed by atoms with E-state index in [1.807, 2.05) is 0 Å². The van der Waals surface area contributed by atoms with Gasteiger partial charge < -0.3 is 10.8 Å². The molecule has 68 valence electrons. The molecule has 0 saturated heterocycles. The zero-order valence-corrected chi connectivity index (χ0v) is 6.96. The zero-order valence-electron chi connectivity index (χ0n) is 6.96. The molecule has 0 fully saturated rings. The van der Waals surface area contributed by atoms with Gasteiger partial charge in [0.2, 0.25) is 0 Å². The number of aliphatic hydroxyl groups is 1. The summed E-state index contributed by atoms with van der Waals surface area (Å²) in [6.45, 7) is -0.107. The lowest BCUT2D eigenvalue weighted by Gasteiger charge is -2.00. The molecule has 1 atom stereocenters. The molecule has 0 unspecified atom stereocenters. The minimum atomic E-state index is -0.429. The van der Waals surface area contributed by atoms with E-state index in [-0.39, 0.29) is 6.61 Å². The molecule has 2 heterocycles. The van der Waals surface area contributed by atoms with E-state index in [9.17, 15) is 0 Å². The van der Waals surface area contributed by atoms with E-state index in [2.05, 4.69) is 10.1 Å². The van der Waals surface area contributed by atoms with E-state index in [1.54, 1.807) is 29.0 Å². The van der Waals surface area contributed by atoms with Crippen molar-refractivity contribution < 1.29 is 5.11 Å². The number of rotatable bonds is 2. The Hall–Kier alpha value is -1.46. The van der Waals surface area contributed by atoms with Crippen LogP contribution < -0.4 is 5.73 Å². The van der Waals surface area contributed by atoms with Crippen molar-refractivity contribution in [3.63, 3.8) is 0 Å². The molecule has 0 bridgehead atoms. The van der Waals surface area contributed by atoms with Crippen LogP contribution in [0.3, 0.4) is 0 Å². The quantitative estimate of drug-likeness (QED) is 0.663. The molecule has 0 radical (unpaired) electrons. The van der Waals surface area contributed by atoms with E-state index in [0.29, 0.717) is 5.69 Å². The van der Waals surface area contributed by atoms with E-state index < -0.39 is 6.04 Å². The van der Waals surface area contributed by atoms with Crippen molar-refractivity contribution in [2.45, 2.75) is 6.04 Å². The molecule has 2 rings (SSSR count). The molecule has 5 nitrogen and oxygen atoms in total. The van der Waals surface area contributed by atoms with E-state index in [0.717, 1.165) is 5.65 Å². The monoisotopic (exact) mass is 178 g/mol. The summed E-state index contributed by atoms with van der Waals surface area (Å²) in [5.41, 5.74) is 7.00. The van der Waals surface area contributed by atoms with Gasteiger partial charge in [-0.1, -0.05) is 0 Å². The fourth-order valence-electron chi connectivity index (χ4n) is 1.12. The van der Waals surface area contributed by atoms with Crippen LogP contribution in [-0.4, -0.2) is 26.3 Å². The van der Waals surface area contributed by atoms with Crippen molar-refractivity contribution in [1.29, 1.82) is 0 Å². The van der Waals surface area contributed by atoms with Crippen LogP contribution >= 0.6 is 0 Å². The summed E-state index contributed by atoms with van der Waals surface area (Å²) in [6.07, 6.45) is 3.47. The minimum absolute atomic E-state index is 0.107. The second-order valence-corrected chi connectivity index (χ2v) is 2.78. The molecule has 0 saturated carbocycles. The predicted octanol–water partition coefficient (Wildman–Crippen LogP) is -0.279. The molecule has 0 aromatic carbocycles. The molecular weight excluding hydrogens is 168 g/mol. The number of hydrogen-bond donors (Lipinski definition) is 2. The Bertz CT molecular complexity index is 378. The second kappa shape index (κ2) is 3.12. The highest BCUT2D eigenvalue weighted by atomic mass is 16.3. The van der Waals surface area contributed by atoms with Crippen molar-refractivity contribution >= 4 is 5.65 Å². The smallest absolute Gasteiger partial charge is 0.155 e. The van der Waals surface area contributed by atoms with Crippen molar-refractivity contribution in [3.05, 3.63) is 30.2 Å². The summed E-state index contributed by atoms with van der Waals surface area (Å²) in [5.74, 6) is 0. The first kappa shape index (κ1) is 8.15. The first-order valence-corrected chi connectivity index (χ1v) is 3.98. The second-order valence-electron chi connectivity index (χ2n) is 2.78. The molecule has 0 aliphatic carbocycles. The Kier molecular flexibility index (Phi) is 1.96. The number of fused-ring (bicyclic) bond motifs is 1. The lowest BCUT2D eigenvalue weighted by atomic mass is 10.2. The summed E-state index contributed by atoms with van der Waals surface area (Å²) >= 11 is 0. The first-order chi connectivity index (χ1) is 6.31. The molecule has 3 N–H and O–H groups in total. The Morgan fingerprint density at radius 2 is 2.46 bits per heavy atom. The van der Waals surface area contributed by atoms with Crippen LogP contribution in [0.25, 0.3) is 5.65 Å². The topological polar surface area (TPSA) is 76.4 Å². The van der Waals surface area contributed by atoms with Gasteiger partial charge in [-0.2, -0.15) is 5.10 Å². The molecular formula is C8H10N4O. The van der Waals surface area contributed by atoms with Crippen molar-refractivity contribution in [2.75, 3.05) is 6.61 Å². The van der Waals surface area contributed by atoms with Gasteiger partial charge in [0.25, 0.3) is 0 Å². The van der Waals surface area contributed by atoms with E-state index in [1.165, 1.54) is 0 Å². The molecule has 5 heteroatoms. The number of nitrogens with two attached hydrogens (primary N) is 1. The number of hydrogen-bond acceptors (Lipinski definition) is 4. The zero-order chi connectivity index (χ0) is 9.26. The highest BCUT2D eigenvalue weighted by Crippen LogP contribution is 2.09. The van der Waals surface area contributed by atoms with Crippen molar-refractivity contribution in [3.8, 4) is 0 Å². The Morgan fingerprint density at radius 3 is 3.15 bits per heavy atom. The molecule has 0 aliphatic heterocycles. The Morgan fingerprint density at radius 1 is 1.62 bits per heavy atom. The Balaban J connectivity index is 2.49. The molecule has 0 spiro atoms. The number of aromatic nitrogens is 3. The SMILES string of the molecule is N[C@@H](CO)c1cc2ncccn2n1. The average Bonchev–Trinajstić information content (AvgIpc) is 2.59. The lowest BCUT2D eigenvalue weighted by Crippen LogP contribution is -2.14. The van der Waals surface area contributed by atoms with Gasteiger partial charge in [-0.15, -0.1) is 0 Å². The predicted molar refractivity (Wildman–Crippen MR) is 47.0 cm³/mol. The van der Waals surface area contributed by atoms with Crippen LogP contribution in [0.5, 0.6) is 0 Å². The molecule has 0 aliphatic rings. The van der Waals surface area contributed by atoms with Gasteiger partial charge in [0, 0.05) is 18.5 Å². The van der Waals surface area contributed by atoms with Gasteiger partial charge in [-0.05, 0) is 6.07 Å². The van der Waals surface area contributed by atoms with E-state index in [4.69, 9.17) is 10.8 Å². The van der Waals surface area contributed by atoms with Gasteiger partial charge in [-0.3, -0.25) is 0 Å². The van der Waals surface area contributed by atoms with E-state index >= 15 is 0 Å². The van der Waals surface area contributed by atoms with Crippen LogP contribution in [0, 0.1) is 0 Å². The maximum atomic E-state index is 8.82. The van der Waals surface area contributed by atoms with Gasteiger partial charge in [-0.25, -0.2) is 9.50 Å². The lowest BCUT2D eigenvalue weighted by molar-refractivity contribution is 0.265. The number of aliphatic hydroxyl groups excluding tert-OH is 1. The normalized spacial score (nSPS) is 13.4. The van der Waals surface area contributed by atoms with Crippen LogP contribution in [0.2, 0.25) is 0 Å². The fourth-order valence-corrected chi connectivity index (χ4v) is 1.12. The molecule has 2 aromatic rings. The maximum Gasteiger partial charge on any atom is 0.155 e. The third kappa shape index (κ3) is 1.39. The fraction of sp³-hybridized carbons (Fsp3) is 0.250. The number of nitrogens with zero attached hydrogens (tertiary/aromatic N) is 3. The van der Waals surface area contributed by atoms with Crippen molar-refractivity contribution in [1.82, 2.24) is 14.6 Å². The minimum Gasteiger partial charge on any atom is -0.394 e. The van der Waals surface area contributed by atoms with Gasteiger partial charge in [0.1, 0.15) is 0 Å². The molecule has 2 aromatic heterocycles. The average molecular weight is 178 g/mol. The molecule has 0 amide bonds. The van der Waals surface area contributed by atoms with Crippen LogP contribution in [-0.2, 0) is 0 Å². The largest absolute Gasteiger partial charge is 0.394 e. The van der Waals surface area contributed by atoms with Gasteiger partial charge >= 0.3 is 0 Å². The van der Waals surface area contributed by atoms with Crippen LogP contribution in [0.15, 0.2) is 24.5 Å². The molecule has 13 heavy (non-hydrogen) atoms. The third-order valence-electron chi connectivity index (χ3n) is 1.83. The summed E-state index contributed by atoms with van der Waals surface area (Å²) in [7, 11) is 0. The Labute approximate surface area is 74.8 Å². The van der Waals surface area contributed by atoms with Crippen molar-refractivity contribution in [2.24, 2.45) is 5.73 Å².